The first kappa shape index (κ1) is 19.2. The molecule has 2 N–H and O–H groups in total. The molecule has 0 unspecified atom stereocenters. The zero-order chi connectivity index (χ0) is 18.4. The van der Waals surface area contributed by atoms with Crippen molar-refractivity contribution in [3.8, 4) is 5.75 Å². The summed E-state index contributed by atoms with van der Waals surface area (Å²) in [6, 6.07) is 3.48. The van der Waals surface area contributed by atoms with E-state index in [1.807, 2.05) is 13.8 Å². The predicted molar refractivity (Wildman–Crippen MR) is 94.2 cm³/mol. The van der Waals surface area contributed by atoms with E-state index in [9.17, 15) is 9.59 Å². The number of carboxylic acid groups (broad SMARTS) is 1. The number of carbonyl (C=O) groups excluding carboxylic acids is 1. The van der Waals surface area contributed by atoms with Gasteiger partial charge in [-0.05, 0) is 61.8 Å². The summed E-state index contributed by atoms with van der Waals surface area (Å²) in [4.78, 5) is 23.2. The quantitative estimate of drug-likeness (QED) is 0.716. The van der Waals surface area contributed by atoms with Crippen molar-refractivity contribution < 1.29 is 24.2 Å². The largest absolute Gasteiger partial charge is 0.481 e. The van der Waals surface area contributed by atoms with Crippen LogP contribution in [0.5, 0.6) is 5.75 Å². The van der Waals surface area contributed by atoms with Crippen LogP contribution in [-0.2, 0) is 9.53 Å². The molecule has 0 saturated heterocycles. The minimum Gasteiger partial charge on any atom is -0.481 e. The van der Waals surface area contributed by atoms with Crippen LogP contribution in [0, 0.1) is 19.3 Å². The van der Waals surface area contributed by atoms with E-state index in [0.717, 1.165) is 30.4 Å². The van der Waals surface area contributed by atoms with Crippen LogP contribution in [0.25, 0.3) is 0 Å². The van der Waals surface area contributed by atoms with E-state index in [-0.39, 0.29) is 11.3 Å². The second-order valence-electron chi connectivity index (χ2n) is 6.90. The fraction of sp³-hybridized carbons (Fsp3) is 0.579. The first-order chi connectivity index (χ1) is 11.9. The molecule has 1 fully saturated rings. The van der Waals surface area contributed by atoms with Gasteiger partial charge in [-0.25, -0.2) is 4.79 Å². The van der Waals surface area contributed by atoms with Crippen LogP contribution in [0.1, 0.15) is 47.2 Å². The predicted octanol–water partition coefficient (Wildman–Crippen LogP) is 2.70. The summed E-state index contributed by atoms with van der Waals surface area (Å²) in [6.07, 6.45) is 4.41. The maximum absolute atomic E-state index is 12.5. The number of hydrogen-bond donors (Lipinski definition) is 2. The third kappa shape index (κ3) is 4.95. The third-order valence-electron chi connectivity index (χ3n) is 4.94. The van der Waals surface area contributed by atoms with Crippen molar-refractivity contribution in [3.05, 3.63) is 28.8 Å². The van der Waals surface area contributed by atoms with Gasteiger partial charge in [0.1, 0.15) is 5.75 Å². The number of aliphatic carboxylic acids is 1. The second kappa shape index (κ2) is 8.34. The highest BCUT2D eigenvalue weighted by Crippen LogP contribution is 2.43. The van der Waals surface area contributed by atoms with Crippen LogP contribution in [0.2, 0.25) is 0 Å². The van der Waals surface area contributed by atoms with Gasteiger partial charge in [-0.3, -0.25) is 4.79 Å². The zero-order valence-electron chi connectivity index (χ0n) is 15.2. The molecule has 0 heterocycles. The van der Waals surface area contributed by atoms with Crippen LogP contribution in [0.15, 0.2) is 12.1 Å². The van der Waals surface area contributed by atoms with Crippen molar-refractivity contribution in [2.24, 2.45) is 5.41 Å². The maximum Gasteiger partial charge on any atom is 0.341 e. The molecule has 0 aliphatic heterocycles. The molecule has 0 atom stereocenters. The van der Waals surface area contributed by atoms with Crippen molar-refractivity contribution in [2.75, 3.05) is 26.9 Å². The molecule has 25 heavy (non-hydrogen) atoms. The summed E-state index contributed by atoms with van der Waals surface area (Å²) in [6.45, 7) is 4.60. The number of hydrogen-bond acceptors (Lipinski definition) is 4. The summed E-state index contributed by atoms with van der Waals surface area (Å²) in [5.41, 5.74) is 2.24. The molecule has 1 aromatic rings. The molecule has 0 aromatic heterocycles. The fourth-order valence-corrected chi connectivity index (χ4v) is 3.32. The van der Waals surface area contributed by atoms with Crippen molar-refractivity contribution in [2.45, 2.75) is 39.5 Å². The Hall–Kier alpha value is -2.08. The van der Waals surface area contributed by atoms with Crippen LogP contribution < -0.4 is 10.1 Å². The molecule has 138 valence electrons. The van der Waals surface area contributed by atoms with Gasteiger partial charge >= 0.3 is 5.97 Å². The molecule has 0 spiro atoms. The second-order valence-corrected chi connectivity index (χ2v) is 6.90. The lowest BCUT2D eigenvalue weighted by molar-refractivity contribution is -0.139. The normalized spacial score (nSPS) is 15.3. The van der Waals surface area contributed by atoms with Gasteiger partial charge in [0, 0.05) is 25.8 Å². The van der Waals surface area contributed by atoms with Gasteiger partial charge in [-0.2, -0.15) is 0 Å². The summed E-state index contributed by atoms with van der Waals surface area (Å²) >= 11 is 0. The van der Waals surface area contributed by atoms with E-state index in [2.05, 4.69) is 5.32 Å². The van der Waals surface area contributed by atoms with E-state index in [0.29, 0.717) is 24.5 Å². The van der Waals surface area contributed by atoms with Crippen LogP contribution in [0.3, 0.4) is 0 Å². The Morgan fingerprint density at radius 2 is 1.88 bits per heavy atom. The molecule has 1 saturated carbocycles. The number of methoxy groups -OCH3 is 1. The number of nitrogens with one attached hydrogen (secondary N) is 1. The highest BCUT2D eigenvalue weighted by atomic mass is 16.5. The monoisotopic (exact) mass is 349 g/mol. The molecule has 0 radical (unpaired) electrons. The Labute approximate surface area is 148 Å². The van der Waals surface area contributed by atoms with Gasteiger partial charge < -0.3 is 19.9 Å². The van der Waals surface area contributed by atoms with E-state index in [4.69, 9.17) is 14.6 Å². The lowest BCUT2D eigenvalue weighted by Crippen LogP contribution is -2.42. The van der Waals surface area contributed by atoms with E-state index in [1.54, 1.807) is 19.2 Å². The van der Waals surface area contributed by atoms with Gasteiger partial charge in [-0.15, -0.1) is 0 Å². The van der Waals surface area contributed by atoms with Gasteiger partial charge in [0.25, 0.3) is 5.91 Å². The minimum absolute atomic E-state index is 0.111. The van der Waals surface area contributed by atoms with Crippen molar-refractivity contribution in [3.63, 3.8) is 0 Å². The lowest BCUT2D eigenvalue weighted by atomic mass is 9.66. The number of benzene rings is 1. The average molecular weight is 349 g/mol. The number of amides is 1. The van der Waals surface area contributed by atoms with E-state index < -0.39 is 12.6 Å². The van der Waals surface area contributed by atoms with E-state index in [1.165, 1.54) is 6.42 Å². The number of carboxylic acids is 1. The topological polar surface area (TPSA) is 84.9 Å². The molecule has 1 amide bonds. The van der Waals surface area contributed by atoms with Gasteiger partial charge in [0.05, 0.1) is 0 Å². The third-order valence-corrected chi connectivity index (χ3v) is 4.94. The standard InChI is InChI=1S/C19H27NO5/c1-13-9-15(10-14(2)17(13)25-11-16(21)22)18(23)20-12-19(5-4-6-19)7-8-24-3/h9-10H,4-8,11-12H2,1-3H3,(H,20,23)(H,21,22). The first-order valence-corrected chi connectivity index (χ1v) is 8.60. The Morgan fingerprint density at radius 3 is 2.36 bits per heavy atom. The SMILES string of the molecule is COCCC1(CNC(=O)c2cc(C)c(OCC(=O)O)c(C)c2)CCC1. The van der Waals surface area contributed by atoms with Gasteiger partial charge in [0.2, 0.25) is 0 Å². The first-order valence-electron chi connectivity index (χ1n) is 8.60. The van der Waals surface area contributed by atoms with Crippen LogP contribution in [-0.4, -0.2) is 43.9 Å². The smallest absolute Gasteiger partial charge is 0.341 e. The fourth-order valence-electron chi connectivity index (χ4n) is 3.32. The summed E-state index contributed by atoms with van der Waals surface area (Å²) < 4.78 is 10.5. The molecule has 1 aliphatic carbocycles. The summed E-state index contributed by atoms with van der Waals surface area (Å²) in [5.74, 6) is -0.614. The molecule has 6 heteroatoms. The van der Waals surface area contributed by atoms with Crippen LogP contribution in [0.4, 0.5) is 0 Å². The Morgan fingerprint density at radius 1 is 1.24 bits per heavy atom. The molecular formula is C19H27NO5. The molecule has 1 aromatic carbocycles. The number of aryl methyl sites for hydroxylation is 2. The number of carbonyl (C=O) groups is 2. The Bertz CT molecular complexity index is 614. The number of rotatable bonds is 9. The van der Waals surface area contributed by atoms with E-state index >= 15 is 0 Å². The average Bonchev–Trinajstić information content (AvgIpc) is 2.52. The number of ether oxygens (including phenoxy) is 2. The van der Waals surface area contributed by atoms with Crippen molar-refractivity contribution in [1.29, 1.82) is 0 Å². The van der Waals surface area contributed by atoms with Gasteiger partial charge in [-0.1, -0.05) is 6.42 Å². The zero-order valence-corrected chi connectivity index (χ0v) is 15.2. The molecule has 0 bridgehead atoms. The molecular weight excluding hydrogens is 322 g/mol. The van der Waals surface area contributed by atoms with Crippen molar-refractivity contribution in [1.82, 2.24) is 5.32 Å². The Kier molecular flexibility index (Phi) is 6.42. The van der Waals surface area contributed by atoms with Gasteiger partial charge in [0.15, 0.2) is 6.61 Å². The highest BCUT2D eigenvalue weighted by molar-refractivity contribution is 5.95. The molecule has 2 rings (SSSR count). The highest BCUT2D eigenvalue weighted by Gasteiger charge is 2.36. The Balaban J connectivity index is 2.00. The van der Waals surface area contributed by atoms with Crippen LogP contribution >= 0.6 is 0 Å². The molecule has 6 nitrogen and oxygen atoms in total. The summed E-state index contributed by atoms with van der Waals surface area (Å²) in [5, 5.41) is 11.8. The summed E-state index contributed by atoms with van der Waals surface area (Å²) in [7, 11) is 1.70. The molecule has 1 aliphatic rings. The minimum atomic E-state index is -1.03. The lowest BCUT2D eigenvalue weighted by Gasteiger charge is -2.42. The van der Waals surface area contributed by atoms with Crippen molar-refractivity contribution >= 4 is 11.9 Å². The maximum atomic E-state index is 12.5.